The predicted molar refractivity (Wildman–Crippen MR) is 228 cm³/mol. The lowest BCUT2D eigenvalue weighted by Crippen LogP contribution is -1.82. The Bertz CT molecular complexity index is 3430. The summed E-state index contributed by atoms with van der Waals surface area (Å²) in [5, 5.41) is 15.9. The lowest BCUT2D eigenvalue weighted by molar-refractivity contribution is 1.71. The van der Waals surface area contributed by atoms with Crippen molar-refractivity contribution in [1.29, 1.82) is 0 Å². The lowest BCUT2D eigenvalue weighted by atomic mass is 9.96. The summed E-state index contributed by atoms with van der Waals surface area (Å²) in [7, 11) is 0. The van der Waals surface area contributed by atoms with Gasteiger partial charge in [-0.25, -0.2) is 0 Å². The van der Waals surface area contributed by atoms with E-state index in [1.165, 1.54) is 115 Å². The number of benzene rings is 9. The van der Waals surface area contributed by atoms with Crippen molar-refractivity contribution in [3.05, 3.63) is 158 Å². The molecular formula is C48H26S3. The Balaban J connectivity index is 0.975. The number of fused-ring (bicyclic) bond motifs is 14. The number of rotatable bonds is 2. The Kier molecular flexibility index (Phi) is 5.78. The fourth-order valence-electron chi connectivity index (χ4n) is 8.39. The van der Waals surface area contributed by atoms with Gasteiger partial charge in [-0.2, -0.15) is 0 Å². The molecule has 0 radical (unpaired) electrons. The minimum absolute atomic E-state index is 1.26. The van der Waals surface area contributed by atoms with Crippen molar-refractivity contribution in [1.82, 2.24) is 0 Å². The summed E-state index contributed by atoms with van der Waals surface area (Å²) < 4.78 is 8.09. The number of hydrogen-bond acceptors (Lipinski definition) is 3. The van der Waals surface area contributed by atoms with E-state index in [9.17, 15) is 0 Å². The summed E-state index contributed by atoms with van der Waals surface area (Å²) in [6, 6.07) is 59.3. The summed E-state index contributed by atoms with van der Waals surface area (Å²) in [5.41, 5.74) is 5.09. The highest BCUT2D eigenvalue weighted by Gasteiger charge is 2.15. The topological polar surface area (TPSA) is 0 Å². The fourth-order valence-corrected chi connectivity index (χ4v) is 11.9. The van der Waals surface area contributed by atoms with Crippen LogP contribution >= 0.6 is 34.0 Å². The molecule has 0 N–H and O–H groups in total. The highest BCUT2D eigenvalue weighted by molar-refractivity contribution is 7.27. The molecule has 12 aromatic rings. The summed E-state index contributed by atoms with van der Waals surface area (Å²) in [6.07, 6.45) is 0. The van der Waals surface area contributed by atoms with Crippen LogP contribution in [0.1, 0.15) is 0 Å². The first-order chi connectivity index (χ1) is 25.2. The zero-order valence-corrected chi connectivity index (χ0v) is 29.7. The van der Waals surface area contributed by atoms with E-state index in [0.29, 0.717) is 0 Å². The fraction of sp³-hybridized carbons (Fsp3) is 0. The summed E-state index contributed by atoms with van der Waals surface area (Å²) >= 11 is 5.70. The highest BCUT2D eigenvalue weighted by atomic mass is 32.1. The molecule has 51 heavy (non-hydrogen) atoms. The van der Waals surface area contributed by atoms with E-state index in [4.69, 9.17) is 0 Å². The van der Waals surface area contributed by atoms with Crippen molar-refractivity contribution < 1.29 is 0 Å². The summed E-state index contributed by atoms with van der Waals surface area (Å²) in [5.74, 6) is 0. The lowest BCUT2D eigenvalue weighted by Gasteiger charge is -2.08. The van der Waals surface area contributed by atoms with Gasteiger partial charge in [0.05, 0.1) is 0 Å². The SMILES string of the molecule is c1ccc2c(c1)ccc1sc3ccc(-c4ccc5cc6c(cc5c4)sc4cc(-c5cccc7c5ccc5c8ccccc8sc75)ccc46)cc3c12. The van der Waals surface area contributed by atoms with Gasteiger partial charge in [0.1, 0.15) is 0 Å². The minimum Gasteiger partial charge on any atom is -0.135 e. The van der Waals surface area contributed by atoms with Gasteiger partial charge in [-0.3, -0.25) is 0 Å². The molecule has 3 heterocycles. The Morgan fingerprint density at radius 3 is 1.92 bits per heavy atom. The Labute approximate surface area is 305 Å². The molecule has 3 heteroatoms. The standard InChI is InChI=1S/C48H26S3/c1-2-7-34-27(6-1)15-21-44-47(34)41-24-29(16-20-43(41)49-44)28-12-13-30-23-40-37-17-14-31(25-45(37)50-46(40)26-32(30)22-28)33-9-5-10-38-35(33)18-19-39-36-8-3-4-11-42(36)51-48(38)39/h1-26H. The monoisotopic (exact) mass is 698 g/mol. The molecule has 0 unspecified atom stereocenters. The van der Waals surface area contributed by atoms with E-state index >= 15 is 0 Å². The predicted octanol–water partition coefficient (Wildman–Crippen LogP) is 15.6. The summed E-state index contributed by atoms with van der Waals surface area (Å²) in [4.78, 5) is 0. The van der Waals surface area contributed by atoms with Crippen LogP contribution in [0.15, 0.2) is 158 Å². The molecule has 0 amide bonds. The zero-order chi connectivity index (χ0) is 33.2. The number of hydrogen-bond donors (Lipinski definition) is 0. The van der Waals surface area contributed by atoms with E-state index < -0.39 is 0 Å². The van der Waals surface area contributed by atoms with Crippen molar-refractivity contribution in [2.45, 2.75) is 0 Å². The Morgan fingerprint density at radius 2 is 0.941 bits per heavy atom. The molecule has 0 saturated heterocycles. The molecule has 0 atom stereocenters. The van der Waals surface area contributed by atoms with Gasteiger partial charge in [0.15, 0.2) is 0 Å². The van der Waals surface area contributed by atoms with Crippen molar-refractivity contribution in [2.75, 3.05) is 0 Å². The molecule has 0 nitrogen and oxygen atoms in total. The minimum atomic E-state index is 1.26. The average molecular weight is 699 g/mol. The molecule has 9 aromatic carbocycles. The molecule has 0 fully saturated rings. The van der Waals surface area contributed by atoms with Crippen LogP contribution in [-0.4, -0.2) is 0 Å². The second kappa shape index (κ2) is 10.5. The second-order valence-electron chi connectivity index (χ2n) is 13.6. The van der Waals surface area contributed by atoms with Crippen LogP contribution in [0, 0.1) is 0 Å². The first-order valence-corrected chi connectivity index (χ1v) is 19.8. The first-order valence-electron chi connectivity index (χ1n) is 17.3. The molecule has 0 aliphatic rings. The normalized spacial score (nSPS) is 12.3. The third-order valence-electron chi connectivity index (χ3n) is 10.8. The van der Waals surface area contributed by atoms with Gasteiger partial charge in [-0.1, -0.05) is 109 Å². The van der Waals surface area contributed by atoms with Crippen LogP contribution < -0.4 is 0 Å². The maximum Gasteiger partial charge on any atom is 0.0434 e. The van der Waals surface area contributed by atoms with Crippen LogP contribution in [0.2, 0.25) is 0 Å². The molecule has 3 aromatic heterocycles. The van der Waals surface area contributed by atoms with E-state index in [0.717, 1.165) is 0 Å². The smallest absolute Gasteiger partial charge is 0.0434 e. The Hall–Kier alpha value is -5.58. The van der Waals surface area contributed by atoms with Gasteiger partial charge in [0, 0.05) is 65.9 Å². The van der Waals surface area contributed by atoms with E-state index in [1.54, 1.807) is 0 Å². The summed E-state index contributed by atoms with van der Waals surface area (Å²) in [6.45, 7) is 0. The van der Waals surface area contributed by atoms with Crippen LogP contribution in [0.25, 0.3) is 115 Å². The zero-order valence-electron chi connectivity index (χ0n) is 27.2. The molecule has 236 valence electrons. The van der Waals surface area contributed by atoms with Crippen LogP contribution in [-0.2, 0) is 0 Å². The third kappa shape index (κ3) is 4.11. The van der Waals surface area contributed by atoms with Gasteiger partial charge >= 0.3 is 0 Å². The van der Waals surface area contributed by atoms with Crippen LogP contribution in [0.3, 0.4) is 0 Å². The van der Waals surface area contributed by atoms with Crippen molar-refractivity contribution in [3.63, 3.8) is 0 Å². The molecule has 0 aliphatic heterocycles. The second-order valence-corrected chi connectivity index (χ2v) is 16.9. The van der Waals surface area contributed by atoms with Crippen molar-refractivity contribution in [2.24, 2.45) is 0 Å². The molecule has 0 saturated carbocycles. The Morgan fingerprint density at radius 1 is 0.275 bits per heavy atom. The van der Waals surface area contributed by atoms with Crippen LogP contribution in [0.5, 0.6) is 0 Å². The van der Waals surface area contributed by atoms with Gasteiger partial charge < -0.3 is 0 Å². The van der Waals surface area contributed by atoms with Gasteiger partial charge in [-0.15, -0.1) is 34.0 Å². The molecule has 0 aliphatic carbocycles. The van der Waals surface area contributed by atoms with Gasteiger partial charge in [-0.05, 0) is 97.7 Å². The molecule has 12 rings (SSSR count). The average Bonchev–Trinajstić information content (AvgIpc) is 3.87. The molecule has 0 spiro atoms. The van der Waals surface area contributed by atoms with E-state index in [-0.39, 0.29) is 0 Å². The van der Waals surface area contributed by atoms with Gasteiger partial charge in [0.25, 0.3) is 0 Å². The maximum atomic E-state index is 2.41. The number of thiophene rings is 3. The van der Waals surface area contributed by atoms with Gasteiger partial charge in [0.2, 0.25) is 0 Å². The highest BCUT2D eigenvalue weighted by Crippen LogP contribution is 2.44. The third-order valence-corrected chi connectivity index (χ3v) is 14.3. The molecule has 0 bridgehead atoms. The van der Waals surface area contributed by atoms with Crippen molar-refractivity contribution in [3.8, 4) is 22.3 Å². The van der Waals surface area contributed by atoms with E-state index in [1.807, 2.05) is 34.0 Å². The molecular weight excluding hydrogens is 673 g/mol. The van der Waals surface area contributed by atoms with E-state index in [2.05, 4.69) is 158 Å². The van der Waals surface area contributed by atoms with Crippen LogP contribution in [0.4, 0.5) is 0 Å². The van der Waals surface area contributed by atoms with Crippen molar-refractivity contribution >= 4 is 127 Å². The maximum absolute atomic E-state index is 2.41. The quantitative estimate of drug-likeness (QED) is 0.169. The largest absolute Gasteiger partial charge is 0.135 e. The first kappa shape index (κ1) is 28.2.